The SMILES string of the molecule is CNC(=O)c1ccnc(Cn2nc(C)c([N+](=O)[O-])c2C)c1. The zero-order chi connectivity index (χ0) is 15.6. The summed E-state index contributed by atoms with van der Waals surface area (Å²) in [6, 6.07) is 3.24. The summed E-state index contributed by atoms with van der Waals surface area (Å²) in [6.07, 6.45) is 1.53. The minimum Gasteiger partial charge on any atom is -0.355 e. The van der Waals surface area contributed by atoms with Crippen molar-refractivity contribution in [1.29, 1.82) is 0 Å². The van der Waals surface area contributed by atoms with Gasteiger partial charge in [-0.15, -0.1) is 0 Å². The van der Waals surface area contributed by atoms with Gasteiger partial charge >= 0.3 is 5.69 Å². The van der Waals surface area contributed by atoms with Crippen LogP contribution < -0.4 is 5.32 Å². The number of pyridine rings is 1. The van der Waals surface area contributed by atoms with Crippen LogP contribution in [0.1, 0.15) is 27.4 Å². The van der Waals surface area contributed by atoms with E-state index in [1.54, 1.807) is 33.0 Å². The molecule has 0 atom stereocenters. The molecule has 0 unspecified atom stereocenters. The molecule has 21 heavy (non-hydrogen) atoms. The third kappa shape index (κ3) is 2.88. The fraction of sp³-hybridized carbons (Fsp3) is 0.308. The third-order valence-electron chi connectivity index (χ3n) is 3.14. The zero-order valence-corrected chi connectivity index (χ0v) is 12.0. The fourth-order valence-electron chi connectivity index (χ4n) is 2.11. The van der Waals surface area contributed by atoms with Gasteiger partial charge in [0.05, 0.1) is 17.2 Å². The van der Waals surface area contributed by atoms with Crippen LogP contribution in [0.5, 0.6) is 0 Å². The molecule has 2 aromatic rings. The number of aromatic nitrogens is 3. The van der Waals surface area contributed by atoms with Crippen LogP contribution in [0.4, 0.5) is 5.69 Å². The number of carbonyl (C=O) groups is 1. The molecule has 1 amide bonds. The molecule has 0 aliphatic carbocycles. The smallest absolute Gasteiger partial charge is 0.312 e. The van der Waals surface area contributed by atoms with Crippen molar-refractivity contribution in [2.24, 2.45) is 0 Å². The van der Waals surface area contributed by atoms with Crippen LogP contribution in [-0.4, -0.2) is 32.6 Å². The monoisotopic (exact) mass is 289 g/mol. The summed E-state index contributed by atoms with van der Waals surface area (Å²) in [5.74, 6) is -0.210. The van der Waals surface area contributed by atoms with Crippen molar-refractivity contribution in [3.8, 4) is 0 Å². The van der Waals surface area contributed by atoms with Gasteiger partial charge in [0, 0.05) is 18.8 Å². The molecule has 0 aromatic carbocycles. The number of nitrogens with zero attached hydrogens (tertiary/aromatic N) is 4. The molecule has 0 saturated heterocycles. The highest BCUT2D eigenvalue weighted by atomic mass is 16.6. The highest BCUT2D eigenvalue weighted by Crippen LogP contribution is 2.22. The normalized spacial score (nSPS) is 10.4. The van der Waals surface area contributed by atoms with E-state index in [0.29, 0.717) is 22.6 Å². The van der Waals surface area contributed by atoms with Gasteiger partial charge in [0.1, 0.15) is 11.4 Å². The first-order chi connectivity index (χ1) is 9.93. The van der Waals surface area contributed by atoms with Crippen molar-refractivity contribution in [3.05, 3.63) is 51.1 Å². The summed E-state index contributed by atoms with van der Waals surface area (Å²) in [7, 11) is 1.55. The van der Waals surface area contributed by atoms with E-state index in [4.69, 9.17) is 0 Å². The Kier molecular flexibility index (Phi) is 3.97. The van der Waals surface area contributed by atoms with Gasteiger partial charge < -0.3 is 5.32 Å². The first-order valence-corrected chi connectivity index (χ1v) is 6.29. The molecule has 110 valence electrons. The molecule has 0 fully saturated rings. The maximum atomic E-state index is 11.6. The Balaban J connectivity index is 2.33. The number of amides is 1. The van der Waals surface area contributed by atoms with Crippen molar-refractivity contribution >= 4 is 11.6 Å². The van der Waals surface area contributed by atoms with E-state index in [2.05, 4.69) is 15.4 Å². The number of hydrogen-bond acceptors (Lipinski definition) is 5. The minimum atomic E-state index is -0.442. The molecular weight excluding hydrogens is 274 g/mol. The molecule has 8 nitrogen and oxygen atoms in total. The zero-order valence-electron chi connectivity index (χ0n) is 12.0. The van der Waals surface area contributed by atoms with Gasteiger partial charge in [-0.3, -0.25) is 24.6 Å². The standard InChI is InChI=1S/C13H15N5O3/c1-8-12(18(20)21)9(2)17(16-8)7-11-6-10(4-5-15-11)13(19)14-3/h4-6H,7H2,1-3H3,(H,14,19). The lowest BCUT2D eigenvalue weighted by Gasteiger charge is -2.05. The topological polar surface area (TPSA) is 103 Å². The van der Waals surface area contributed by atoms with Gasteiger partial charge in [-0.25, -0.2) is 0 Å². The van der Waals surface area contributed by atoms with Crippen LogP contribution in [0.25, 0.3) is 0 Å². The van der Waals surface area contributed by atoms with Crippen molar-refractivity contribution < 1.29 is 9.72 Å². The van der Waals surface area contributed by atoms with Crippen molar-refractivity contribution in [2.45, 2.75) is 20.4 Å². The summed E-state index contributed by atoms with van der Waals surface area (Å²) in [5, 5.41) is 17.7. The van der Waals surface area contributed by atoms with Crippen LogP contribution >= 0.6 is 0 Å². The predicted octanol–water partition coefficient (Wildman–Crippen LogP) is 1.21. The van der Waals surface area contributed by atoms with E-state index >= 15 is 0 Å². The quantitative estimate of drug-likeness (QED) is 0.673. The van der Waals surface area contributed by atoms with E-state index in [-0.39, 0.29) is 18.1 Å². The Morgan fingerprint density at radius 1 is 1.48 bits per heavy atom. The van der Waals surface area contributed by atoms with E-state index < -0.39 is 4.92 Å². The summed E-state index contributed by atoms with van der Waals surface area (Å²) in [6.45, 7) is 3.50. The fourth-order valence-corrected chi connectivity index (χ4v) is 2.11. The van der Waals surface area contributed by atoms with Crippen molar-refractivity contribution in [1.82, 2.24) is 20.1 Å². The lowest BCUT2D eigenvalue weighted by atomic mass is 10.2. The Hall–Kier alpha value is -2.77. The van der Waals surface area contributed by atoms with Crippen LogP contribution in [-0.2, 0) is 6.54 Å². The Morgan fingerprint density at radius 2 is 2.19 bits per heavy atom. The van der Waals surface area contributed by atoms with E-state index in [9.17, 15) is 14.9 Å². The lowest BCUT2D eigenvalue weighted by molar-refractivity contribution is -0.386. The van der Waals surface area contributed by atoms with Gasteiger partial charge in [0.25, 0.3) is 5.91 Å². The maximum absolute atomic E-state index is 11.6. The van der Waals surface area contributed by atoms with E-state index in [1.165, 1.54) is 10.9 Å². The number of nitro groups is 1. The molecule has 0 aliphatic rings. The molecule has 8 heteroatoms. The second kappa shape index (κ2) is 5.70. The first kappa shape index (κ1) is 14.6. The van der Waals surface area contributed by atoms with Gasteiger partial charge in [0.15, 0.2) is 0 Å². The van der Waals surface area contributed by atoms with Gasteiger partial charge in [-0.05, 0) is 26.0 Å². The molecule has 2 aromatic heterocycles. The molecule has 0 spiro atoms. The molecule has 0 radical (unpaired) electrons. The Bertz CT molecular complexity index is 708. The lowest BCUT2D eigenvalue weighted by Crippen LogP contribution is -2.18. The summed E-state index contributed by atoms with van der Waals surface area (Å²) >= 11 is 0. The minimum absolute atomic E-state index is 0.0115. The molecule has 0 saturated carbocycles. The average molecular weight is 289 g/mol. The highest BCUT2D eigenvalue weighted by Gasteiger charge is 2.21. The number of carbonyl (C=O) groups excluding carboxylic acids is 1. The Morgan fingerprint density at radius 3 is 2.76 bits per heavy atom. The van der Waals surface area contributed by atoms with Crippen molar-refractivity contribution in [3.63, 3.8) is 0 Å². The molecular formula is C13H15N5O3. The van der Waals surface area contributed by atoms with Gasteiger partial charge in [-0.2, -0.15) is 5.10 Å². The van der Waals surface area contributed by atoms with E-state index in [0.717, 1.165) is 0 Å². The number of nitrogens with one attached hydrogen (secondary N) is 1. The summed E-state index contributed by atoms with van der Waals surface area (Å²) < 4.78 is 1.52. The maximum Gasteiger partial charge on any atom is 0.312 e. The summed E-state index contributed by atoms with van der Waals surface area (Å²) in [5.41, 5.74) is 1.93. The first-order valence-electron chi connectivity index (χ1n) is 6.29. The van der Waals surface area contributed by atoms with Crippen LogP contribution in [0, 0.1) is 24.0 Å². The van der Waals surface area contributed by atoms with Gasteiger partial charge in [-0.1, -0.05) is 0 Å². The van der Waals surface area contributed by atoms with Crippen molar-refractivity contribution in [2.75, 3.05) is 7.05 Å². The summed E-state index contributed by atoms with van der Waals surface area (Å²) in [4.78, 5) is 26.3. The molecule has 0 bridgehead atoms. The highest BCUT2D eigenvalue weighted by molar-refractivity contribution is 5.93. The largest absolute Gasteiger partial charge is 0.355 e. The number of rotatable bonds is 4. The average Bonchev–Trinajstić information content (AvgIpc) is 2.72. The number of hydrogen-bond donors (Lipinski definition) is 1. The Labute approximate surface area is 121 Å². The molecule has 1 N–H and O–H groups in total. The second-order valence-electron chi connectivity index (χ2n) is 4.55. The van der Waals surface area contributed by atoms with Gasteiger partial charge in [0.2, 0.25) is 0 Å². The third-order valence-corrected chi connectivity index (χ3v) is 3.14. The molecule has 2 heterocycles. The van der Waals surface area contributed by atoms with Crippen LogP contribution in [0.2, 0.25) is 0 Å². The molecule has 2 rings (SSSR count). The van der Waals surface area contributed by atoms with Crippen LogP contribution in [0.3, 0.4) is 0 Å². The van der Waals surface area contributed by atoms with E-state index in [1.807, 2.05) is 0 Å². The van der Waals surface area contributed by atoms with Crippen LogP contribution in [0.15, 0.2) is 18.3 Å². The second-order valence-corrected chi connectivity index (χ2v) is 4.55. The predicted molar refractivity (Wildman–Crippen MR) is 75.1 cm³/mol. The number of aryl methyl sites for hydroxylation is 1. The molecule has 0 aliphatic heterocycles.